The van der Waals surface area contributed by atoms with Crippen LogP contribution in [0.4, 0.5) is 4.79 Å². The molecule has 0 radical (unpaired) electrons. The van der Waals surface area contributed by atoms with E-state index in [2.05, 4.69) is 15.3 Å². The lowest BCUT2D eigenvalue weighted by atomic mass is 10.2. The van der Waals surface area contributed by atoms with Crippen LogP contribution in [0.1, 0.15) is 18.0 Å². The minimum Gasteiger partial charge on any atom is -0.445 e. The minimum atomic E-state index is -0.286. The Labute approximate surface area is 148 Å². The van der Waals surface area contributed by atoms with Gasteiger partial charge in [0.25, 0.3) is 0 Å². The zero-order valence-corrected chi connectivity index (χ0v) is 14.3. The molecule has 0 saturated carbocycles. The summed E-state index contributed by atoms with van der Waals surface area (Å²) >= 11 is 1.53. The Morgan fingerprint density at radius 1 is 1.32 bits per heavy atom. The molecule has 0 bridgehead atoms. The van der Waals surface area contributed by atoms with Gasteiger partial charge in [0.2, 0.25) is 0 Å². The van der Waals surface area contributed by atoms with Crippen LogP contribution in [0.25, 0.3) is 10.7 Å². The van der Waals surface area contributed by atoms with Crippen molar-refractivity contribution in [2.75, 3.05) is 13.1 Å². The molecule has 8 heteroatoms. The average molecular weight is 355 g/mol. The fourth-order valence-corrected chi connectivity index (χ4v) is 3.42. The van der Waals surface area contributed by atoms with Gasteiger partial charge in [0, 0.05) is 24.7 Å². The summed E-state index contributed by atoms with van der Waals surface area (Å²) in [6.45, 7) is 1.53. The molecule has 3 heterocycles. The van der Waals surface area contributed by atoms with Gasteiger partial charge in [0.1, 0.15) is 17.3 Å². The fraction of sp³-hybridized carbons (Fsp3) is 0.294. The number of amides is 1. The van der Waals surface area contributed by atoms with Crippen LogP contribution < -0.4 is 0 Å². The summed E-state index contributed by atoms with van der Waals surface area (Å²) in [7, 11) is 0. The van der Waals surface area contributed by atoms with Crippen molar-refractivity contribution in [2.24, 2.45) is 0 Å². The summed E-state index contributed by atoms with van der Waals surface area (Å²) in [6.07, 6.45) is 4.19. The van der Waals surface area contributed by atoms with Gasteiger partial charge in [-0.3, -0.25) is 0 Å². The molecule has 1 unspecified atom stereocenters. The third-order valence-corrected chi connectivity index (χ3v) is 4.96. The van der Waals surface area contributed by atoms with Crippen LogP contribution in [0, 0.1) is 0 Å². The average Bonchev–Trinajstić information content (AvgIpc) is 3.40. The smallest absolute Gasteiger partial charge is 0.410 e. The lowest BCUT2D eigenvalue weighted by Gasteiger charge is -2.16. The van der Waals surface area contributed by atoms with Crippen LogP contribution in [0.3, 0.4) is 0 Å². The van der Waals surface area contributed by atoms with E-state index in [9.17, 15) is 4.79 Å². The SMILES string of the molecule is O=C(OCc1ccccc1)N1CCC(n2cc(-c3nccs3)nn2)C1. The van der Waals surface area contributed by atoms with Crippen LogP contribution >= 0.6 is 11.3 Å². The van der Waals surface area contributed by atoms with Crippen LogP contribution in [-0.4, -0.2) is 44.1 Å². The van der Waals surface area contributed by atoms with Gasteiger partial charge in [-0.2, -0.15) is 0 Å². The first-order valence-corrected chi connectivity index (χ1v) is 8.95. The first-order chi connectivity index (χ1) is 12.3. The van der Waals surface area contributed by atoms with Crippen molar-refractivity contribution in [2.45, 2.75) is 19.1 Å². The number of hydrogen-bond acceptors (Lipinski definition) is 6. The van der Waals surface area contributed by atoms with Gasteiger partial charge in [0.15, 0.2) is 0 Å². The molecular weight excluding hydrogens is 338 g/mol. The molecule has 1 fully saturated rings. The minimum absolute atomic E-state index is 0.116. The highest BCUT2D eigenvalue weighted by molar-refractivity contribution is 7.13. The lowest BCUT2D eigenvalue weighted by molar-refractivity contribution is 0.103. The van der Waals surface area contributed by atoms with E-state index in [0.717, 1.165) is 22.7 Å². The maximum atomic E-state index is 12.2. The van der Waals surface area contributed by atoms with Crippen molar-refractivity contribution in [3.8, 4) is 10.7 Å². The van der Waals surface area contributed by atoms with Crippen LogP contribution in [-0.2, 0) is 11.3 Å². The Kier molecular flexibility index (Phi) is 4.43. The Morgan fingerprint density at radius 3 is 3.00 bits per heavy atom. The van der Waals surface area contributed by atoms with Crippen molar-refractivity contribution in [3.63, 3.8) is 0 Å². The van der Waals surface area contributed by atoms with Gasteiger partial charge in [-0.1, -0.05) is 35.5 Å². The van der Waals surface area contributed by atoms with Gasteiger partial charge in [0.05, 0.1) is 12.2 Å². The quantitative estimate of drug-likeness (QED) is 0.719. The van der Waals surface area contributed by atoms with Crippen molar-refractivity contribution in [1.29, 1.82) is 0 Å². The highest BCUT2D eigenvalue weighted by Crippen LogP contribution is 2.24. The Balaban J connectivity index is 1.34. The first-order valence-electron chi connectivity index (χ1n) is 8.07. The largest absolute Gasteiger partial charge is 0.445 e. The summed E-state index contributed by atoms with van der Waals surface area (Å²) < 4.78 is 7.21. The standard InChI is InChI=1S/C17H17N5O2S/c23-17(24-12-13-4-2-1-3-5-13)21-8-6-14(10-21)22-11-15(19-20-22)16-18-7-9-25-16/h1-5,7,9,11,14H,6,8,10,12H2. The lowest BCUT2D eigenvalue weighted by Crippen LogP contribution is -2.29. The summed E-state index contributed by atoms with van der Waals surface area (Å²) in [6, 6.07) is 9.80. The maximum Gasteiger partial charge on any atom is 0.410 e. The van der Waals surface area contributed by atoms with Crippen LogP contribution in [0.15, 0.2) is 48.1 Å². The van der Waals surface area contributed by atoms with Crippen molar-refractivity contribution in [3.05, 3.63) is 53.7 Å². The van der Waals surface area contributed by atoms with Gasteiger partial charge >= 0.3 is 6.09 Å². The molecule has 0 aliphatic carbocycles. The van der Waals surface area contributed by atoms with E-state index in [1.54, 1.807) is 11.1 Å². The zero-order valence-electron chi connectivity index (χ0n) is 13.5. The summed E-state index contributed by atoms with van der Waals surface area (Å²) in [5.74, 6) is 0. The number of benzene rings is 1. The summed E-state index contributed by atoms with van der Waals surface area (Å²) in [4.78, 5) is 18.2. The topological polar surface area (TPSA) is 73.1 Å². The van der Waals surface area contributed by atoms with E-state index in [-0.39, 0.29) is 12.1 Å². The molecule has 0 spiro atoms. The zero-order chi connectivity index (χ0) is 17.1. The maximum absolute atomic E-state index is 12.2. The summed E-state index contributed by atoms with van der Waals surface area (Å²) in [5, 5.41) is 11.1. The monoisotopic (exact) mass is 355 g/mol. The fourth-order valence-electron chi connectivity index (χ4n) is 2.84. The van der Waals surface area contributed by atoms with E-state index in [0.29, 0.717) is 19.7 Å². The molecule has 7 nitrogen and oxygen atoms in total. The molecular formula is C17H17N5O2S. The highest BCUT2D eigenvalue weighted by atomic mass is 32.1. The van der Waals surface area contributed by atoms with Gasteiger partial charge in [-0.25, -0.2) is 14.5 Å². The number of rotatable bonds is 4. The second-order valence-corrected chi connectivity index (χ2v) is 6.74. The Morgan fingerprint density at radius 2 is 2.20 bits per heavy atom. The molecule has 2 aromatic heterocycles. The molecule has 25 heavy (non-hydrogen) atoms. The summed E-state index contributed by atoms with van der Waals surface area (Å²) in [5.41, 5.74) is 1.75. The molecule has 1 saturated heterocycles. The number of carbonyl (C=O) groups excluding carboxylic acids is 1. The number of nitrogens with zero attached hydrogens (tertiary/aromatic N) is 5. The molecule has 1 atom stereocenters. The van der Waals surface area contributed by atoms with E-state index >= 15 is 0 Å². The third kappa shape index (κ3) is 3.53. The van der Waals surface area contributed by atoms with E-state index in [1.807, 2.05) is 46.6 Å². The normalized spacial score (nSPS) is 17.0. The third-order valence-electron chi connectivity index (χ3n) is 4.16. The number of likely N-dealkylation sites (tertiary alicyclic amines) is 1. The van der Waals surface area contributed by atoms with E-state index in [4.69, 9.17) is 4.74 Å². The molecule has 0 N–H and O–H groups in total. The Bertz CT molecular complexity index is 834. The van der Waals surface area contributed by atoms with Crippen LogP contribution in [0.2, 0.25) is 0 Å². The van der Waals surface area contributed by atoms with E-state index < -0.39 is 0 Å². The second kappa shape index (κ2) is 7.02. The molecule has 1 aliphatic heterocycles. The predicted octanol–water partition coefficient (Wildman–Crippen LogP) is 2.99. The van der Waals surface area contributed by atoms with Gasteiger partial charge < -0.3 is 9.64 Å². The van der Waals surface area contributed by atoms with E-state index in [1.165, 1.54) is 11.3 Å². The molecule has 4 rings (SSSR count). The van der Waals surface area contributed by atoms with Gasteiger partial charge in [-0.05, 0) is 12.0 Å². The number of carbonyl (C=O) groups is 1. The van der Waals surface area contributed by atoms with Crippen molar-refractivity contribution < 1.29 is 9.53 Å². The number of ether oxygens (including phenoxy) is 1. The molecule has 1 aromatic carbocycles. The molecule has 1 aliphatic rings. The van der Waals surface area contributed by atoms with Crippen molar-refractivity contribution >= 4 is 17.4 Å². The number of thiazole rings is 1. The predicted molar refractivity (Wildman–Crippen MR) is 93.0 cm³/mol. The molecule has 3 aromatic rings. The Hall–Kier alpha value is -2.74. The van der Waals surface area contributed by atoms with Crippen LogP contribution in [0.5, 0.6) is 0 Å². The first kappa shape index (κ1) is 15.8. The highest BCUT2D eigenvalue weighted by Gasteiger charge is 2.29. The number of aromatic nitrogens is 4. The number of hydrogen-bond donors (Lipinski definition) is 0. The molecule has 1 amide bonds. The second-order valence-electron chi connectivity index (χ2n) is 5.85. The van der Waals surface area contributed by atoms with Crippen molar-refractivity contribution in [1.82, 2.24) is 24.9 Å². The van der Waals surface area contributed by atoms with Gasteiger partial charge in [-0.15, -0.1) is 16.4 Å². The molecule has 128 valence electrons.